The van der Waals surface area contributed by atoms with Crippen LogP contribution >= 0.6 is 0 Å². The molecule has 0 radical (unpaired) electrons. The molecule has 0 N–H and O–H groups in total. The first-order valence-electron chi connectivity index (χ1n) is 11.5. The molecule has 14 heteroatoms. The van der Waals surface area contributed by atoms with Crippen molar-refractivity contribution in [1.29, 1.82) is 10.5 Å². The van der Waals surface area contributed by atoms with E-state index in [0.717, 1.165) is 24.3 Å². The Morgan fingerprint density at radius 3 is 1.34 bits per heavy atom. The van der Waals surface area contributed by atoms with Crippen LogP contribution in [-0.4, -0.2) is 0 Å². The van der Waals surface area contributed by atoms with Gasteiger partial charge in [0.05, 0.1) is 36.4 Å². The van der Waals surface area contributed by atoms with E-state index in [1.807, 2.05) is 0 Å². The van der Waals surface area contributed by atoms with Gasteiger partial charge in [-0.3, -0.25) is 0 Å². The quantitative estimate of drug-likeness (QED) is 0.0659. The lowest BCUT2D eigenvalue weighted by atomic mass is 9.91. The van der Waals surface area contributed by atoms with Gasteiger partial charge in [0.2, 0.25) is 11.6 Å². The Morgan fingerprint density at radius 2 is 0.932 bits per heavy atom. The van der Waals surface area contributed by atoms with Crippen LogP contribution in [0.5, 0.6) is 0 Å². The second kappa shape index (κ2) is 10.3. The molecule has 4 nitrogen and oxygen atoms in total. The molecule has 1 aliphatic rings. The highest BCUT2D eigenvalue weighted by atomic mass is 19.2. The van der Waals surface area contributed by atoms with Crippen molar-refractivity contribution in [2.45, 2.75) is 0 Å². The fourth-order valence-electron chi connectivity index (χ4n) is 4.86. The number of fused-ring (bicyclic) bond motifs is 3. The minimum Gasteiger partial charge on any atom is -0.237 e. The molecule has 0 fully saturated rings. The van der Waals surface area contributed by atoms with Crippen molar-refractivity contribution in [1.82, 2.24) is 0 Å². The van der Waals surface area contributed by atoms with Crippen LogP contribution in [0.4, 0.5) is 49.6 Å². The maximum absolute atomic E-state index is 14.8. The first-order chi connectivity index (χ1) is 20.8. The number of nitriles is 2. The van der Waals surface area contributed by atoms with E-state index in [2.05, 4.69) is 9.69 Å². The molecule has 0 unspecified atom stereocenters. The van der Waals surface area contributed by atoms with Gasteiger partial charge >= 0.3 is 0 Å². The highest BCUT2D eigenvalue weighted by Gasteiger charge is 2.35. The Kier molecular flexibility index (Phi) is 6.88. The summed E-state index contributed by atoms with van der Waals surface area (Å²) in [4.78, 5) is 6.14. The van der Waals surface area contributed by atoms with E-state index in [1.165, 1.54) is 6.07 Å². The lowest BCUT2D eigenvalue weighted by Crippen LogP contribution is -2.05. The van der Waals surface area contributed by atoms with Gasteiger partial charge in [0.25, 0.3) is 5.70 Å². The van der Waals surface area contributed by atoms with E-state index >= 15 is 0 Å². The first kappa shape index (κ1) is 29.4. The van der Waals surface area contributed by atoms with Gasteiger partial charge in [0.1, 0.15) is 0 Å². The normalized spacial score (nSPS) is 12.5. The van der Waals surface area contributed by atoms with Crippen LogP contribution in [0.3, 0.4) is 0 Å². The molecule has 0 saturated carbocycles. The zero-order chi connectivity index (χ0) is 32.4. The number of hydrogen-bond acceptors (Lipinski definition) is 2. The van der Waals surface area contributed by atoms with Crippen molar-refractivity contribution in [3.63, 3.8) is 0 Å². The summed E-state index contributed by atoms with van der Waals surface area (Å²) >= 11 is 0. The smallest absolute Gasteiger partial charge is 0.237 e. The molecule has 0 aromatic heterocycles. The fraction of sp³-hybridized carbons (Fsp3) is 0. The van der Waals surface area contributed by atoms with E-state index < -0.39 is 97.4 Å². The minimum atomic E-state index is -2.49. The van der Waals surface area contributed by atoms with E-state index in [9.17, 15) is 54.4 Å². The predicted octanol–water partition coefficient (Wildman–Crippen LogP) is 9.02. The summed E-state index contributed by atoms with van der Waals surface area (Å²) in [6, 6.07) is 6.25. The third-order valence-electron chi connectivity index (χ3n) is 6.78. The molecule has 0 spiro atoms. The van der Waals surface area contributed by atoms with Crippen LogP contribution < -0.4 is 0 Å². The van der Waals surface area contributed by atoms with Gasteiger partial charge in [-0.15, -0.1) is 0 Å². The lowest BCUT2D eigenvalue weighted by Gasteiger charge is -2.14. The van der Waals surface area contributed by atoms with Crippen molar-refractivity contribution in [3.8, 4) is 45.5 Å². The lowest BCUT2D eigenvalue weighted by molar-refractivity contribution is 0.381. The SMILES string of the molecule is [C-]#[N+]/C(C#N)=C1/c2cc(C#N)c(-c3c(F)c(F)c(F)c(F)c3F)cc2-c2cc(-c3c(F)c(F)c(F)c(F)c3F)c([N+]#[C-])cc21. The summed E-state index contributed by atoms with van der Waals surface area (Å²) in [6.07, 6.45) is 0. The number of benzene rings is 4. The molecule has 214 valence electrons. The molecule has 44 heavy (non-hydrogen) atoms. The number of allylic oxidation sites excluding steroid dienone is 1. The molecule has 1 aliphatic carbocycles. The number of halogens is 10. The summed E-state index contributed by atoms with van der Waals surface area (Å²) in [7, 11) is 0. The fourth-order valence-corrected chi connectivity index (χ4v) is 4.86. The largest absolute Gasteiger partial charge is 0.270 e. The third-order valence-corrected chi connectivity index (χ3v) is 6.78. The predicted molar refractivity (Wildman–Crippen MR) is 132 cm³/mol. The first-order valence-corrected chi connectivity index (χ1v) is 11.5. The Morgan fingerprint density at radius 1 is 0.523 bits per heavy atom. The molecular formula is C30H4F10N4. The Bertz CT molecular complexity index is 2010. The number of rotatable bonds is 2. The van der Waals surface area contributed by atoms with E-state index in [4.69, 9.17) is 13.1 Å². The van der Waals surface area contributed by atoms with Gasteiger partial charge in [-0.1, -0.05) is 6.07 Å². The maximum Gasteiger partial charge on any atom is 0.270 e. The van der Waals surface area contributed by atoms with Crippen molar-refractivity contribution in [3.05, 3.63) is 128 Å². The van der Waals surface area contributed by atoms with E-state index in [-0.39, 0.29) is 27.8 Å². The average Bonchev–Trinajstić information content (AvgIpc) is 3.32. The Hall–Kier alpha value is -6.12. The molecular weight excluding hydrogens is 606 g/mol. The number of hydrogen-bond donors (Lipinski definition) is 0. The van der Waals surface area contributed by atoms with Gasteiger partial charge in [0, 0.05) is 16.7 Å². The summed E-state index contributed by atoms with van der Waals surface area (Å²) in [5, 5.41) is 19.3. The van der Waals surface area contributed by atoms with Crippen molar-refractivity contribution < 1.29 is 43.9 Å². The van der Waals surface area contributed by atoms with Gasteiger partial charge in [-0.05, 0) is 46.0 Å². The van der Waals surface area contributed by atoms with Gasteiger partial charge in [0.15, 0.2) is 52.2 Å². The second-order valence-corrected chi connectivity index (χ2v) is 8.92. The summed E-state index contributed by atoms with van der Waals surface area (Å²) < 4.78 is 143. The van der Waals surface area contributed by atoms with Crippen molar-refractivity contribution in [2.75, 3.05) is 0 Å². The van der Waals surface area contributed by atoms with Crippen molar-refractivity contribution in [2.24, 2.45) is 0 Å². The summed E-state index contributed by atoms with van der Waals surface area (Å²) in [5.74, 6) is -23.6. The van der Waals surface area contributed by atoms with Crippen LogP contribution in [0.25, 0.3) is 48.6 Å². The highest BCUT2D eigenvalue weighted by Crippen LogP contribution is 2.52. The van der Waals surface area contributed by atoms with E-state index in [0.29, 0.717) is 0 Å². The summed E-state index contributed by atoms with van der Waals surface area (Å²) in [5.41, 5.74) is -8.30. The van der Waals surface area contributed by atoms with Gasteiger partial charge in [-0.25, -0.2) is 58.9 Å². The molecule has 0 bridgehead atoms. The molecule has 0 aliphatic heterocycles. The molecule has 4 aromatic rings. The second-order valence-electron chi connectivity index (χ2n) is 8.92. The minimum absolute atomic E-state index is 0.218. The maximum atomic E-state index is 14.8. The van der Waals surface area contributed by atoms with Crippen LogP contribution in [-0.2, 0) is 0 Å². The monoisotopic (exact) mass is 610 g/mol. The van der Waals surface area contributed by atoms with E-state index in [1.54, 1.807) is 6.07 Å². The van der Waals surface area contributed by atoms with Crippen LogP contribution in [0.2, 0.25) is 0 Å². The van der Waals surface area contributed by atoms with Gasteiger partial charge < -0.3 is 0 Å². The van der Waals surface area contributed by atoms with Crippen LogP contribution in [0, 0.1) is 94.0 Å². The van der Waals surface area contributed by atoms with Crippen molar-refractivity contribution >= 4 is 11.3 Å². The van der Waals surface area contributed by atoms with Gasteiger partial charge in [-0.2, -0.15) is 5.26 Å². The zero-order valence-corrected chi connectivity index (χ0v) is 20.9. The van der Waals surface area contributed by atoms with Crippen LogP contribution in [0.1, 0.15) is 16.7 Å². The standard InChI is InChI=1S/C30H4F10N4/c1-43-16-6-14-12(5-15(16)20-23(33)27(37)30(40)28(38)24(20)34)11-4-10(19-21(31)25(35)29(39)26(36)22(19)32)9(7-41)3-13(11)18(14)17(8-42)44-2/h3-6H/b18-17-. The molecule has 5 rings (SSSR count). The molecule has 0 heterocycles. The number of nitrogens with zero attached hydrogens (tertiary/aromatic N) is 4. The third kappa shape index (κ3) is 3.89. The molecule has 0 saturated heterocycles. The van der Waals surface area contributed by atoms with Crippen LogP contribution in [0.15, 0.2) is 30.0 Å². The zero-order valence-electron chi connectivity index (χ0n) is 20.9. The molecule has 0 amide bonds. The molecule has 4 aromatic carbocycles. The highest BCUT2D eigenvalue weighted by molar-refractivity contribution is 6.07. The Labute approximate surface area is 239 Å². The topological polar surface area (TPSA) is 56.3 Å². The summed E-state index contributed by atoms with van der Waals surface area (Å²) in [6.45, 7) is 14.9. The molecule has 0 atom stereocenters. The Balaban J connectivity index is 1.97. The average molecular weight is 610 g/mol.